The Hall–Kier alpha value is -3.63. The number of carbonyl (C=O) groups is 1. The summed E-state index contributed by atoms with van der Waals surface area (Å²) >= 11 is 0. The highest BCUT2D eigenvalue weighted by atomic mass is 16.3. The van der Waals surface area contributed by atoms with E-state index in [9.17, 15) is 9.90 Å². The number of amides is 1. The molecule has 0 unspecified atom stereocenters. The zero-order chi connectivity index (χ0) is 21.8. The van der Waals surface area contributed by atoms with Crippen LogP contribution >= 0.6 is 0 Å². The van der Waals surface area contributed by atoms with Crippen molar-refractivity contribution in [1.29, 1.82) is 0 Å². The molecule has 156 valence electrons. The van der Waals surface area contributed by atoms with Crippen LogP contribution in [0, 0.1) is 0 Å². The summed E-state index contributed by atoms with van der Waals surface area (Å²) in [6.45, 7) is 1.94. The lowest BCUT2D eigenvalue weighted by Crippen LogP contribution is -2.42. The molecule has 4 N–H and O–H groups in total. The molecule has 0 aliphatic heterocycles. The summed E-state index contributed by atoms with van der Waals surface area (Å²) in [5.74, 6) is 0.00596. The SMILES string of the molecule is C[C@H](NC(=O)[C@@H](N)Cc1ccc(O)c(-c2ccc3ccccc3c2)c1)c1ccccc1. The van der Waals surface area contributed by atoms with Crippen LogP contribution in [0.5, 0.6) is 5.75 Å². The first-order chi connectivity index (χ1) is 15.0. The molecule has 31 heavy (non-hydrogen) atoms. The summed E-state index contributed by atoms with van der Waals surface area (Å²) < 4.78 is 0. The van der Waals surface area contributed by atoms with Crippen molar-refractivity contribution in [3.05, 3.63) is 102 Å². The second kappa shape index (κ2) is 9.02. The quantitative estimate of drug-likeness (QED) is 0.421. The summed E-state index contributed by atoms with van der Waals surface area (Å²) in [6, 6.07) is 28.6. The van der Waals surface area contributed by atoms with Gasteiger partial charge in [0.2, 0.25) is 5.91 Å². The maximum atomic E-state index is 12.6. The highest BCUT2D eigenvalue weighted by Crippen LogP contribution is 2.32. The zero-order valence-electron chi connectivity index (χ0n) is 17.5. The molecule has 0 saturated carbocycles. The van der Waals surface area contributed by atoms with Crippen LogP contribution in [0.25, 0.3) is 21.9 Å². The molecule has 4 rings (SSSR count). The molecule has 4 heteroatoms. The largest absolute Gasteiger partial charge is 0.507 e. The first-order valence-corrected chi connectivity index (χ1v) is 10.4. The summed E-state index contributed by atoms with van der Waals surface area (Å²) in [6.07, 6.45) is 0.383. The zero-order valence-corrected chi connectivity index (χ0v) is 17.5. The fourth-order valence-corrected chi connectivity index (χ4v) is 3.79. The molecule has 1 amide bonds. The van der Waals surface area contributed by atoms with Gasteiger partial charge in [0.05, 0.1) is 12.1 Å². The first kappa shape index (κ1) is 20.6. The maximum absolute atomic E-state index is 12.6. The van der Waals surface area contributed by atoms with E-state index in [-0.39, 0.29) is 17.7 Å². The fourth-order valence-electron chi connectivity index (χ4n) is 3.79. The number of rotatable bonds is 6. The van der Waals surface area contributed by atoms with Gasteiger partial charge in [0, 0.05) is 5.56 Å². The van der Waals surface area contributed by atoms with E-state index in [0.717, 1.165) is 33.0 Å². The molecule has 0 saturated heterocycles. The Morgan fingerprint density at radius 2 is 1.61 bits per heavy atom. The number of fused-ring (bicyclic) bond motifs is 1. The summed E-state index contributed by atoms with van der Waals surface area (Å²) in [4.78, 5) is 12.6. The Morgan fingerprint density at radius 1 is 0.903 bits per heavy atom. The molecule has 0 fully saturated rings. The molecular formula is C27H26N2O2. The second-order valence-electron chi connectivity index (χ2n) is 7.87. The molecule has 0 spiro atoms. The topological polar surface area (TPSA) is 75.4 Å². The number of phenolic OH excluding ortho intramolecular Hbond substituents is 1. The predicted molar refractivity (Wildman–Crippen MR) is 126 cm³/mol. The Morgan fingerprint density at radius 3 is 2.39 bits per heavy atom. The lowest BCUT2D eigenvalue weighted by Gasteiger charge is -2.18. The van der Waals surface area contributed by atoms with E-state index in [1.54, 1.807) is 6.07 Å². The fraction of sp³-hybridized carbons (Fsp3) is 0.148. The molecule has 4 aromatic rings. The van der Waals surface area contributed by atoms with Gasteiger partial charge in [0.1, 0.15) is 5.75 Å². The van der Waals surface area contributed by atoms with Crippen molar-refractivity contribution in [3.63, 3.8) is 0 Å². The van der Waals surface area contributed by atoms with E-state index < -0.39 is 6.04 Å². The van der Waals surface area contributed by atoms with Crippen LogP contribution in [0.3, 0.4) is 0 Å². The van der Waals surface area contributed by atoms with Crippen LogP contribution in [0.15, 0.2) is 91.0 Å². The van der Waals surface area contributed by atoms with Gasteiger partial charge < -0.3 is 16.2 Å². The standard InChI is InChI=1S/C27H26N2O2/c1-18(20-7-3-2-4-8-20)29-27(31)25(28)16-19-11-14-26(30)24(15-19)23-13-12-21-9-5-6-10-22(21)17-23/h2-15,17-18,25,30H,16,28H2,1H3,(H,29,31)/t18-,25-/m0/s1. The third-order valence-electron chi connectivity index (χ3n) is 5.57. The van der Waals surface area contributed by atoms with Crippen LogP contribution in [-0.2, 0) is 11.2 Å². The molecule has 0 aliphatic carbocycles. The molecule has 0 bridgehead atoms. The molecular weight excluding hydrogens is 384 g/mol. The number of hydrogen-bond donors (Lipinski definition) is 3. The lowest BCUT2D eigenvalue weighted by molar-refractivity contribution is -0.123. The van der Waals surface area contributed by atoms with Crippen LogP contribution in [-0.4, -0.2) is 17.1 Å². The van der Waals surface area contributed by atoms with Crippen molar-refractivity contribution in [2.75, 3.05) is 0 Å². The van der Waals surface area contributed by atoms with Crippen molar-refractivity contribution in [3.8, 4) is 16.9 Å². The molecule has 4 nitrogen and oxygen atoms in total. The third kappa shape index (κ3) is 4.76. The van der Waals surface area contributed by atoms with Gasteiger partial charge in [-0.2, -0.15) is 0 Å². The number of benzene rings is 4. The molecule has 0 aromatic heterocycles. The van der Waals surface area contributed by atoms with E-state index in [4.69, 9.17) is 5.73 Å². The minimum atomic E-state index is -0.680. The van der Waals surface area contributed by atoms with Crippen molar-refractivity contribution >= 4 is 16.7 Å². The molecule has 0 heterocycles. The van der Waals surface area contributed by atoms with E-state index in [0.29, 0.717) is 6.42 Å². The highest BCUT2D eigenvalue weighted by Gasteiger charge is 2.18. The molecule has 0 radical (unpaired) electrons. The maximum Gasteiger partial charge on any atom is 0.237 e. The van der Waals surface area contributed by atoms with Crippen molar-refractivity contribution in [2.45, 2.75) is 25.4 Å². The minimum absolute atomic E-state index is 0.118. The van der Waals surface area contributed by atoms with E-state index in [2.05, 4.69) is 17.4 Å². The van der Waals surface area contributed by atoms with E-state index in [1.165, 1.54) is 0 Å². The average molecular weight is 411 g/mol. The molecule has 0 aliphatic rings. The number of nitrogens with one attached hydrogen (secondary N) is 1. The van der Waals surface area contributed by atoms with Gasteiger partial charge in [0.25, 0.3) is 0 Å². The average Bonchev–Trinajstić information content (AvgIpc) is 2.80. The Labute approximate surface area is 182 Å². The summed E-state index contributed by atoms with van der Waals surface area (Å²) in [7, 11) is 0. The van der Waals surface area contributed by atoms with Gasteiger partial charge in [-0.1, -0.05) is 72.8 Å². The van der Waals surface area contributed by atoms with Gasteiger partial charge in [-0.05, 0) is 59.0 Å². The number of nitrogens with two attached hydrogens (primary N) is 1. The molecule has 4 aromatic carbocycles. The number of hydrogen-bond acceptors (Lipinski definition) is 3. The number of aromatic hydroxyl groups is 1. The number of phenols is 1. The van der Waals surface area contributed by atoms with E-state index >= 15 is 0 Å². The smallest absolute Gasteiger partial charge is 0.237 e. The summed E-state index contributed by atoms with van der Waals surface area (Å²) in [5.41, 5.74) is 9.79. The Balaban J connectivity index is 1.50. The lowest BCUT2D eigenvalue weighted by atomic mass is 9.96. The number of carbonyl (C=O) groups excluding carboxylic acids is 1. The van der Waals surface area contributed by atoms with Crippen molar-refractivity contribution in [2.24, 2.45) is 5.73 Å². The monoisotopic (exact) mass is 410 g/mol. The van der Waals surface area contributed by atoms with Crippen molar-refractivity contribution in [1.82, 2.24) is 5.32 Å². The predicted octanol–water partition coefficient (Wildman–Crippen LogP) is 4.96. The van der Waals surface area contributed by atoms with Crippen molar-refractivity contribution < 1.29 is 9.90 Å². The first-order valence-electron chi connectivity index (χ1n) is 10.4. The van der Waals surface area contributed by atoms with Gasteiger partial charge in [-0.25, -0.2) is 0 Å². The normalized spacial score (nSPS) is 13.0. The van der Waals surface area contributed by atoms with Gasteiger partial charge in [-0.3, -0.25) is 4.79 Å². The Bertz CT molecular complexity index is 1200. The van der Waals surface area contributed by atoms with Gasteiger partial charge in [0.15, 0.2) is 0 Å². The van der Waals surface area contributed by atoms with Crippen LogP contribution in [0.4, 0.5) is 0 Å². The van der Waals surface area contributed by atoms with Crippen LogP contribution in [0.1, 0.15) is 24.1 Å². The molecule has 2 atom stereocenters. The van der Waals surface area contributed by atoms with Crippen LogP contribution in [0.2, 0.25) is 0 Å². The Kier molecular flexibility index (Phi) is 6.01. The minimum Gasteiger partial charge on any atom is -0.507 e. The van der Waals surface area contributed by atoms with Crippen LogP contribution < -0.4 is 11.1 Å². The summed E-state index contributed by atoms with van der Waals surface area (Å²) in [5, 5.41) is 15.7. The van der Waals surface area contributed by atoms with Gasteiger partial charge in [-0.15, -0.1) is 0 Å². The second-order valence-corrected chi connectivity index (χ2v) is 7.87. The third-order valence-corrected chi connectivity index (χ3v) is 5.57. The van der Waals surface area contributed by atoms with Gasteiger partial charge >= 0.3 is 0 Å². The highest BCUT2D eigenvalue weighted by molar-refractivity contribution is 5.88. The van der Waals surface area contributed by atoms with E-state index in [1.807, 2.05) is 79.7 Å².